The molecule has 6 atom stereocenters. The van der Waals surface area contributed by atoms with Crippen molar-refractivity contribution in [3.05, 3.63) is 76.1 Å². The number of hydrogen-bond acceptors (Lipinski definition) is 8. The van der Waals surface area contributed by atoms with E-state index in [1.54, 1.807) is 0 Å². The Morgan fingerprint density at radius 1 is 1.09 bits per heavy atom. The smallest absolute Gasteiger partial charge is 0.422 e. The van der Waals surface area contributed by atoms with E-state index in [0.717, 1.165) is 11.6 Å². The monoisotopic (exact) mass is 493 g/mol. The summed E-state index contributed by atoms with van der Waals surface area (Å²) >= 11 is 0. The molecule has 3 heterocycles. The van der Waals surface area contributed by atoms with Gasteiger partial charge in [0, 0.05) is 29.8 Å². The van der Waals surface area contributed by atoms with E-state index in [2.05, 4.69) is 5.32 Å². The van der Waals surface area contributed by atoms with E-state index < -0.39 is 54.3 Å². The van der Waals surface area contributed by atoms with Gasteiger partial charge in [0.1, 0.15) is 35.5 Å². The van der Waals surface area contributed by atoms with Gasteiger partial charge >= 0.3 is 11.8 Å². The van der Waals surface area contributed by atoms with Crippen LogP contribution in [0, 0.1) is 0 Å². The minimum atomic E-state index is -4.82. The lowest BCUT2D eigenvalue weighted by Crippen LogP contribution is -2.64. The standard InChI is InChI=1S/C24H22F3NO7/c1-31-23-18(19(29)20-17(34-23)11-32-22(35-20)12-5-3-2-4-6-12)28-14-8-7-13-9-15(24(25,26)27)21(30)33-16(13)10-14/h2-10,17-20,22-23,28-29H,11H2,1H3/t17?,18?,19-,20-,22?,23+/m1/s1. The van der Waals surface area contributed by atoms with Gasteiger partial charge in [0.2, 0.25) is 0 Å². The number of aliphatic hydroxyl groups is 1. The summed E-state index contributed by atoms with van der Waals surface area (Å²) in [7, 11) is 1.42. The number of methoxy groups -OCH3 is 1. The van der Waals surface area contributed by atoms with Crippen LogP contribution in [0.25, 0.3) is 11.0 Å². The van der Waals surface area contributed by atoms with Crippen LogP contribution in [0.5, 0.6) is 0 Å². The molecule has 11 heteroatoms. The van der Waals surface area contributed by atoms with Gasteiger partial charge in [0.25, 0.3) is 0 Å². The fourth-order valence-electron chi connectivity index (χ4n) is 4.32. The molecule has 1 aromatic heterocycles. The number of alkyl halides is 3. The molecule has 2 N–H and O–H groups in total. The normalized spacial score (nSPS) is 29.1. The minimum absolute atomic E-state index is 0.0440. The van der Waals surface area contributed by atoms with E-state index in [9.17, 15) is 23.1 Å². The molecule has 3 unspecified atom stereocenters. The molecule has 3 aromatic rings. The van der Waals surface area contributed by atoms with Crippen molar-refractivity contribution in [3.8, 4) is 0 Å². The van der Waals surface area contributed by atoms with Gasteiger partial charge in [-0.05, 0) is 18.2 Å². The predicted molar refractivity (Wildman–Crippen MR) is 117 cm³/mol. The van der Waals surface area contributed by atoms with Crippen LogP contribution < -0.4 is 10.9 Å². The first kappa shape index (κ1) is 23.8. The summed E-state index contributed by atoms with van der Waals surface area (Å²) in [6.45, 7) is 0.177. The quantitative estimate of drug-likeness (QED) is 0.534. The number of nitrogens with one attached hydrogen (secondary N) is 1. The van der Waals surface area contributed by atoms with Crippen LogP contribution in [0.1, 0.15) is 17.4 Å². The van der Waals surface area contributed by atoms with Crippen LogP contribution in [0.3, 0.4) is 0 Å². The number of ether oxygens (including phenoxy) is 4. The van der Waals surface area contributed by atoms with Crippen LogP contribution in [-0.2, 0) is 25.1 Å². The Morgan fingerprint density at radius 2 is 1.86 bits per heavy atom. The van der Waals surface area contributed by atoms with Crippen LogP contribution in [0.15, 0.2) is 63.8 Å². The van der Waals surface area contributed by atoms with E-state index in [1.165, 1.54) is 25.3 Å². The third kappa shape index (κ3) is 4.65. The summed E-state index contributed by atoms with van der Waals surface area (Å²) in [5.74, 6) is 0. The number of anilines is 1. The summed E-state index contributed by atoms with van der Waals surface area (Å²) in [5, 5.41) is 14.3. The first-order chi connectivity index (χ1) is 16.7. The molecule has 0 spiro atoms. The Morgan fingerprint density at radius 3 is 2.57 bits per heavy atom. The number of halogens is 3. The maximum Gasteiger partial charge on any atom is 0.423 e. The molecule has 0 aliphatic carbocycles. The fourth-order valence-corrected chi connectivity index (χ4v) is 4.32. The number of aliphatic hydroxyl groups excluding tert-OH is 1. The molecule has 2 aromatic carbocycles. The van der Waals surface area contributed by atoms with Crippen molar-refractivity contribution < 1.29 is 41.6 Å². The van der Waals surface area contributed by atoms with Crippen molar-refractivity contribution in [3.63, 3.8) is 0 Å². The first-order valence-electron chi connectivity index (χ1n) is 10.8. The molecule has 0 amide bonds. The number of rotatable bonds is 4. The number of hydrogen-bond donors (Lipinski definition) is 2. The second-order valence-corrected chi connectivity index (χ2v) is 8.31. The van der Waals surface area contributed by atoms with Gasteiger partial charge < -0.3 is 33.8 Å². The van der Waals surface area contributed by atoms with Crippen LogP contribution in [0.4, 0.5) is 18.9 Å². The van der Waals surface area contributed by atoms with E-state index in [4.69, 9.17) is 23.4 Å². The molecule has 5 rings (SSSR count). The van der Waals surface area contributed by atoms with Crippen molar-refractivity contribution in [1.29, 1.82) is 0 Å². The molecule has 0 saturated carbocycles. The molecular formula is C24H22F3NO7. The van der Waals surface area contributed by atoms with Crippen molar-refractivity contribution in [1.82, 2.24) is 0 Å². The summed E-state index contributed by atoms with van der Waals surface area (Å²) in [6, 6.07) is 13.5. The average Bonchev–Trinajstić information content (AvgIpc) is 2.84. The Kier molecular flexibility index (Phi) is 6.28. The Bertz CT molecular complexity index is 1250. The summed E-state index contributed by atoms with van der Waals surface area (Å²) in [4.78, 5) is 11.8. The number of fused-ring (bicyclic) bond motifs is 2. The SMILES string of the molecule is CO[C@H]1OC2COC(c3ccccc3)O[C@H]2[C@H](O)C1Nc1ccc2cc(C(F)(F)F)c(=O)oc2c1. The molecule has 35 heavy (non-hydrogen) atoms. The molecular weight excluding hydrogens is 471 g/mol. The highest BCUT2D eigenvalue weighted by Gasteiger charge is 2.49. The van der Waals surface area contributed by atoms with Gasteiger partial charge in [-0.3, -0.25) is 0 Å². The zero-order valence-electron chi connectivity index (χ0n) is 18.4. The Balaban J connectivity index is 1.39. The Labute approximate surface area is 197 Å². The summed E-state index contributed by atoms with van der Waals surface area (Å²) in [5.41, 5.74) is -1.74. The molecule has 0 radical (unpaired) electrons. The Hall–Kier alpha value is -2.96. The molecule has 186 valence electrons. The molecule has 2 fully saturated rings. The molecule has 2 saturated heterocycles. The second-order valence-electron chi connectivity index (χ2n) is 8.31. The first-order valence-corrected chi connectivity index (χ1v) is 10.8. The third-order valence-corrected chi connectivity index (χ3v) is 6.04. The van der Waals surface area contributed by atoms with Crippen molar-refractivity contribution in [2.45, 2.75) is 43.1 Å². The molecule has 2 aliphatic heterocycles. The summed E-state index contributed by atoms with van der Waals surface area (Å²) in [6.07, 6.45) is -8.81. The zero-order chi connectivity index (χ0) is 24.7. The van der Waals surface area contributed by atoms with Crippen LogP contribution in [-0.4, -0.2) is 49.5 Å². The predicted octanol–water partition coefficient (Wildman–Crippen LogP) is 3.44. The van der Waals surface area contributed by atoms with E-state index in [1.807, 2.05) is 30.3 Å². The summed E-state index contributed by atoms with van der Waals surface area (Å²) < 4.78 is 67.1. The molecule has 0 bridgehead atoms. The lowest BCUT2D eigenvalue weighted by molar-refractivity contribution is -0.337. The van der Waals surface area contributed by atoms with Crippen molar-refractivity contribution >= 4 is 16.7 Å². The molecule has 2 aliphatic rings. The second kappa shape index (κ2) is 9.25. The van der Waals surface area contributed by atoms with Gasteiger partial charge in [0.05, 0.1) is 6.61 Å². The topological polar surface area (TPSA) is 99.4 Å². The van der Waals surface area contributed by atoms with E-state index in [-0.39, 0.29) is 17.6 Å². The van der Waals surface area contributed by atoms with Gasteiger partial charge in [-0.1, -0.05) is 30.3 Å². The van der Waals surface area contributed by atoms with Crippen molar-refractivity contribution in [2.24, 2.45) is 0 Å². The molecule has 8 nitrogen and oxygen atoms in total. The van der Waals surface area contributed by atoms with Gasteiger partial charge in [-0.25, -0.2) is 4.79 Å². The fraction of sp³-hybridized carbons (Fsp3) is 0.375. The maximum absolute atomic E-state index is 13.0. The minimum Gasteiger partial charge on any atom is -0.422 e. The van der Waals surface area contributed by atoms with Crippen LogP contribution in [0.2, 0.25) is 0 Å². The van der Waals surface area contributed by atoms with Crippen molar-refractivity contribution in [2.75, 3.05) is 19.0 Å². The largest absolute Gasteiger partial charge is 0.423 e. The van der Waals surface area contributed by atoms with Crippen LogP contribution >= 0.6 is 0 Å². The highest BCUT2D eigenvalue weighted by atomic mass is 19.4. The highest BCUT2D eigenvalue weighted by Crippen LogP contribution is 2.36. The average molecular weight is 493 g/mol. The zero-order valence-corrected chi connectivity index (χ0v) is 18.4. The van der Waals surface area contributed by atoms with Gasteiger partial charge in [0.15, 0.2) is 12.6 Å². The third-order valence-electron chi connectivity index (χ3n) is 6.04. The maximum atomic E-state index is 13.0. The van der Waals surface area contributed by atoms with Gasteiger partial charge in [-0.2, -0.15) is 13.2 Å². The van der Waals surface area contributed by atoms with E-state index >= 15 is 0 Å². The van der Waals surface area contributed by atoms with Gasteiger partial charge in [-0.15, -0.1) is 0 Å². The van der Waals surface area contributed by atoms with E-state index in [0.29, 0.717) is 5.69 Å². The highest BCUT2D eigenvalue weighted by molar-refractivity contribution is 5.81. The number of benzene rings is 2. The lowest BCUT2D eigenvalue weighted by Gasteiger charge is -2.47. The lowest BCUT2D eigenvalue weighted by atomic mass is 9.95.